The smallest absolute Gasteiger partial charge is 0.127 e. The van der Waals surface area contributed by atoms with Crippen LogP contribution in [-0.2, 0) is 13.5 Å². The number of ether oxygens (including phenoxy) is 2. The van der Waals surface area contributed by atoms with Gasteiger partial charge in [0.05, 0.1) is 26.2 Å². The van der Waals surface area contributed by atoms with Crippen LogP contribution in [-0.4, -0.2) is 23.8 Å². The van der Waals surface area contributed by atoms with E-state index in [4.69, 9.17) is 9.47 Å². The van der Waals surface area contributed by atoms with E-state index in [0.717, 1.165) is 33.8 Å². The van der Waals surface area contributed by atoms with Gasteiger partial charge in [-0.05, 0) is 34.1 Å². The molecule has 0 fully saturated rings. The zero-order chi connectivity index (χ0) is 13.1. The van der Waals surface area contributed by atoms with Gasteiger partial charge in [0, 0.05) is 19.0 Å². The van der Waals surface area contributed by atoms with Gasteiger partial charge in [0.1, 0.15) is 16.1 Å². The Bertz CT molecular complexity index is 532. The molecule has 0 unspecified atom stereocenters. The highest BCUT2D eigenvalue weighted by Crippen LogP contribution is 2.28. The first-order valence-corrected chi connectivity index (χ1v) is 6.31. The van der Waals surface area contributed by atoms with Crippen molar-refractivity contribution in [2.24, 2.45) is 7.05 Å². The third kappa shape index (κ3) is 2.51. The van der Waals surface area contributed by atoms with Crippen LogP contribution in [0.2, 0.25) is 0 Å². The third-order valence-corrected chi connectivity index (χ3v) is 3.52. The summed E-state index contributed by atoms with van der Waals surface area (Å²) in [7, 11) is 5.30. The molecule has 0 saturated heterocycles. The summed E-state index contributed by atoms with van der Waals surface area (Å²) in [5, 5.41) is 0. The van der Waals surface area contributed by atoms with Crippen molar-refractivity contribution < 1.29 is 9.47 Å². The Morgan fingerprint density at radius 1 is 1.28 bits per heavy atom. The van der Waals surface area contributed by atoms with Gasteiger partial charge in [0.15, 0.2) is 0 Å². The van der Waals surface area contributed by atoms with Gasteiger partial charge in [-0.15, -0.1) is 0 Å². The van der Waals surface area contributed by atoms with Crippen molar-refractivity contribution in [1.29, 1.82) is 0 Å². The minimum atomic E-state index is 0.734. The van der Waals surface area contributed by atoms with Crippen LogP contribution in [0.3, 0.4) is 0 Å². The average molecular weight is 311 g/mol. The van der Waals surface area contributed by atoms with Gasteiger partial charge in [-0.3, -0.25) is 0 Å². The number of nitrogens with zero attached hydrogens (tertiary/aromatic N) is 2. The van der Waals surface area contributed by atoms with Crippen LogP contribution in [0.4, 0.5) is 0 Å². The predicted molar refractivity (Wildman–Crippen MR) is 73.3 cm³/mol. The molecule has 0 aliphatic carbocycles. The zero-order valence-electron chi connectivity index (χ0n) is 10.6. The lowest BCUT2D eigenvalue weighted by Gasteiger charge is -2.11. The van der Waals surface area contributed by atoms with E-state index in [9.17, 15) is 0 Å². The molecule has 0 amide bonds. The standard InChI is InChI=1S/C13H15BrN2O2/c1-16-8-15-13(14)11(16)7-9-6-10(17-2)4-5-12(9)18-3/h4-6,8H,7H2,1-3H3. The average Bonchev–Trinajstić information content (AvgIpc) is 2.70. The number of methoxy groups -OCH3 is 2. The van der Waals surface area contributed by atoms with Crippen LogP contribution in [0.15, 0.2) is 29.1 Å². The Balaban J connectivity index is 2.38. The molecule has 0 aliphatic rings. The number of benzene rings is 1. The summed E-state index contributed by atoms with van der Waals surface area (Å²) in [4.78, 5) is 4.22. The second-order valence-corrected chi connectivity index (χ2v) is 4.70. The van der Waals surface area contributed by atoms with Crippen LogP contribution in [0.25, 0.3) is 0 Å². The van der Waals surface area contributed by atoms with Gasteiger partial charge in [-0.1, -0.05) is 0 Å². The number of hydrogen-bond donors (Lipinski definition) is 0. The lowest BCUT2D eigenvalue weighted by molar-refractivity contribution is 0.399. The second-order valence-electron chi connectivity index (χ2n) is 3.95. The normalized spacial score (nSPS) is 10.4. The summed E-state index contributed by atoms with van der Waals surface area (Å²) in [6, 6.07) is 5.79. The maximum absolute atomic E-state index is 5.37. The van der Waals surface area contributed by atoms with Gasteiger partial charge in [0.25, 0.3) is 0 Å². The summed E-state index contributed by atoms with van der Waals surface area (Å²) in [6.45, 7) is 0. The lowest BCUT2D eigenvalue weighted by Crippen LogP contribution is -2.00. The number of imidazole rings is 1. The van der Waals surface area contributed by atoms with E-state index in [0.29, 0.717) is 0 Å². The van der Waals surface area contributed by atoms with Gasteiger partial charge >= 0.3 is 0 Å². The van der Waals surface area contributed by atoms with E-state index >= 15 is 0 Å². The number of halogens is 1. The zero-order valence-corrected chi connectivity index (χ0v) is 12.2. The van der Waals surface area contributed by atoms with Gasteiger partial charge in [-0.2, -0.15) is 0 Å². The van der Waals surface area contributed by atoms with Crippen LogP contribution in [0.5, 0.6) is 11.5 Å². The molecule has 0 saturated carbocycles. The largest absolute Gasteiger partial charge is 0.497 e. The fraction of sp³-hybridized carbons (Fsp3) is 0.308. The number of aromatic nitrogens is 2. The monoisotopic (exact) mass is 310 g/mol. The molecule has 2 rings (SSSR count). The SMILES string of the molecule is COc1ccc(OC)c(Cc2c(Br)ncn2C)c1. The van der Waals surface area contributed by atoms with E-state index < -0.39 is 0 Å². The molecule has 0 bridgehead atoms. The van der Waals surface area contributed by atoms with Crippen molar-refractivity contribution in [2.75, 3.05) is 14.2 Å². The number of rotatable bonds is 4. The molecule has 18 heavy (non-hydrogen) atoms. The first-order valence-electron chi connectivity index (χ1n) is 5.52. The first-order chi connectivity index (χ1) is 8.65. The molecule has 1 heterocycles. The summed E-state index contributed by atoms with van der Waals surface area (Å²) in [5.41, 5.74) is 2.17. The Labute approximate surface area is 115 Å². The van der Waals surface area contributed by atoms with Crippen molar-refractivity contribution in [3.63, 3.8) is 0 Å². The topological polar surface area (TPSA) is 36.3 Å². The molecular weight excluding hydrogens is 296 g/mol. The van der Waals surface area contributed by atoms with Crippen molar-refractivity contribution >= 4 is 15.9 Å². The maximum atomic E-state index is 5.37. The first kappa shape index (κ1) is 13.0. The van der Waals surface area contributed by atoms with Crippen LogP contribution in [0, 0.1) is 0 Å². The van der Waals surface area contributed by atoms with Crippen molar-refractivity contribution in [3.05, 3.63) is 40.4 Å². The molecule has 0 N–H and O–H groups in total. The molecule has 5 heteroatoms. The molecule has 1 aromatic carbocycles. The molecular formula is C13H15BrN2O2. The summed E-state index contributed by atoms with van der Waals surface area (Å²) >= 11 is 3.45. The minimum Gasteiger partial charge on any atom is -0.497 e. The third-order valence-electron chi connectivity index (χ3n) is 2.85. The van der Waals surface area contributed by atoms with Crippen LogP contribution >= 0.6 is 15.9 Å². The molecule has 96 valence electrons. The summed E-state index contributed by atoms with van der Waals surface area (Å²) in [5.74, 6) is 1.67. The Morgan fingerprint density at radius 2 is 2.06 bits per heavy atom. The molecule has 0 aliphatic heterocycles. The van der Waals surface area contributed by atoms with E-state index in [-0.39, 0.29) is 0 Å². The minimum absolute atomic E-state index is 0.734. The summed E-state index contributed by atoms with van der Waals surface area (Å²) < 4.78 is 13.5. The van der Waals surface area contributed by atoms with E-state index in [2.05, 4.69) is 20.9 Å². The Kier molecular flexibility index (Phi) is 3.91. The molecule has 0 atom stereocenters. The van der Waals surface area contributed by atoms with E-state index in [1.807, 2.05) is 29.8 Å². The molecule has 4 nitrogen and oxygen atoms in total. The van der Waals surface area contributed by atoms with Crippen LogP contribution < -0.4 is 9.47 Å². The van der Waals surface area contributed by atoms with E-state index in [1.54, 1.807) is 20.5 Å². The highest BCUT2D eigenvalue weighted by molar-refractivity contribution is 9.10. The predicted octanol–water partition coefficient (Wildman–Crippen LogP) is 2.79. The summed E-state index contributed by atoms with van der Waals surface area (Å²) in [6.07, 6.45) is 2.52. The fourth-order valence-corrected chi connectivity index (χ4v) is 2.34. The molecule has 1 aromatic heterocycles. The Hall–Kier alpha value is -1.49. The van der Waals surface area contributed by atoms with Gasteiger partial charge < -0.3 is 14.0 Å². The molecule has 2 aromatic rings. The lowest BCUT2D eigenvalue weighted by atomic mass is 10.1. The number of aryl methyl sites for hydroxylation is 1. The van der Waals surface area contributed by atoms with E-state index in [1.165, 1.54) is 0 Å². The van der Waals surface area contributed by atoms with Crippen LogP contribution in [0.1, 0.15) is 11.3 Å². The maximum Gasteiger partial charge on any atom is 0.127 e. The molecule has 0 spiro atoms. The highest BCUT2D eigenvalue weighted by atomic mass is 79.9. The van der Waals surface area contributed by atoms with Crippen molar-refractivity contribution in [1.82, 2.24) is 9.55 Å². The van der Waals surface area contributed by atoms with Gasteiger partial charge in [0.2, 0.25) is 0 Å². The van der Waals surface area contributed by atoms with Crippen molar-refractivity contribution in [3.8, 4) is 11.5 Å². The molecule has 0 radical (unpaired) electrons. The Morgan fingerprint density at radius 3 is 2.61 bits per heavy atom. The van der Waals surface area contributed by atoms with Gasteiger partial charge in [-0.25, -0.2) is 4.98 Å². The van der Waals surface area contributed by atoms with Crippen molar-refractivity contribution in [2.45, 2.75) is 6.42 Å². The number of hydrogen-bond acceptors (Lipinski definition) is 3. The second kappa shape index (κ2) is 5.44. The fourth-order valence-electron chi connectivity index (χ4n) is 1.83. The highest BCUT2D eigenvalue weighted by Gasteiger charge is 2.11. The quantitative estimate of drug-likeness (QED) is 0.871.